The molecule has 0 spiro atoms. The van der Waals surface area contributed by atoms with Gasteiger partial charge >= 0.3 is 0 Å². The highest BCUT2D eigenvalue weighted by molar-refractivity contribution is 5.69. The quantitative estimate of drug-likeness (QED) is 0.895. The van der Waals surface area contributed by atoms with Crippen LogP contribution in [0.15, 0.2) is 42.7 Å². The summed E-state index contributed by atoms with van der Waals surface area (Å²) in [5, 5.41) is 3.17. The van der Waals surface area contributed by atoms with Crippen LogP contribution in [0.5, 0.6) is 0 Å². The monoisotopic (exact) mass is 240 g/mol. The summed E-state index contributed by atoms with van der Waals surface area (Å²) >= 11 is 0. The Morgan fingerprint density at radius 2 is 2.11 bits per heavy atom. The van der Waals surface area contributed by atoms with Crippen molar-refractivity contribution in [3.05, 3.63) is 53.9 Å². The highest BCUT2D eigenvalue weighted by Gasteiger charge is 2.24. The predicted octanol–water partition coefficient (Wildman–Crippen LogP) is 2.54. The molecule has 92 valence electrons. The van der Waals surface area contributed by atoms with Crippen LogP contribution in [-0.2, 0) is 11.3 Å². The fourth-order valence-corrected chi connectivity index (χ4v) is 2.50. The van der Waals surface area contributed by atoms with Gasteiger partial charge in [-0.05, 0) is 41.4 Å². The fraction of sp³-hybridized carbons (Fsp3) is 0.267. The molecule has 1 aliphatic rings. The van der Waals surface area contributed by atoms with E-state index in [0.717, 1.165) is 6.54 Å². The Morgan fingerprint density at radius 1 is 1.28 bits per heavy atom. The maximum absolute atomic E-state index is 5.85. The lowest BCUT2D eigenvalue weighted by molar-refractivity contribution is 0.0675. The number of benzene rings is 1. The van der Waals surface area contributed by atoms with Gasteiger partial charge in [-0.3, -0.25) is 4.98 Å². The van der Waals surface area contributed by atoms with Crippen LogP contribution < -0.4 is 5.32 Å². The molecule has 18 heavy (non-hydrogen) atoms. The Hall–Kier alpha value is -1.71. The summed E-state index contributed by atoms with van der Waals surface area (Å²) in [6.07, 6.45) is 3.83. The molecule has 2 aromatic rings. The van der Waals surface area contributed by atoms with E-state index < -0.39 is 0 Å². The van der Waals surface area contributed by atoms with Gasteiger partial charge in [-0.1, -0.05) is 18.2 Å². The lowest BCUT2D eigenvalue weighted by atomic mass is 9.95. The van der Waals surface area contributed by atoms with E-state index in [1.807, 2.05) is 31.6 Å². The number of nitrogens with one attached hydrogen (secondary N) is 1. The minimum absolute atomic E-state index is 0.173. The topological polar surface area (TPSA) is 34.1 Å². The average molecular weight is 240 g/mol. The van der Waals surface area contributed by atoms with Crippen molar-refractivity contribution in [3.8, 4) is 11.1 Å². The van der Waals surface area contributed by atoms with E-state index in [4.69, 9.17) is 4.74 Å². The number of likely N-dealkylation sites (N-methyl/N-ethyl adjacent to an activating group) is 1. The normalized spacial score (nSPS) is 17.7. The van der Waals surface area contributed by atoms with Gasteiger partial charge in [0.1, 0.15) is 0 Å². The smallest absolute Gasteiger partial charge is 0.0957 e. The number of pyridine rings is 1. The number of aromatic nitrogens is 1. The minimum Gasteiger partial charge on any atom is -0.367 e. The van der Waals surface area contributed by atoms with Crippen molar-refractivity contribution in [2.24, 2.45) is 0 Å². The molecule has 1 unspecified atom stereocenters. The second kappa shape index (κ2) is 4.88. The van der Waals surface area contributed by atoms with Crippen molar-refractivity contribution in [2.45, 2.75) is 12.7 Å². The highest BCUT2D eigenvalue weighted by Crippen LogP contribution is 2.36. The predicted molar refractivity (Wildman–Crippen MR) is 71.1 cm³/mol. The third-order valence-corrected chi connectivity index (χ3v) is 3.37. The van der Waals surface area contributed by atoms with E-state index in [0.29, 0.717) is 6.61 Å². The van der Waals surface area contributed by atoms with Crippen molar-refractivity contribution in [2.75, 3.05) is 13.6 Å². The molecule has 0 saturated carbocycles. The molecular weight excluding hydrogens is 224 g/mol. The van der Waals surface area contributed by atoms with Crippen LogP contribution in [0.3, 0.4) is 0 Å². The molecule has 1 N–H and O–H groups in total. The standard InChI is InChI=1S/C15H16N2O/c1-16-9-15-13-4-2-3-12(14(13)10-18-15)11-5-7-17-8-6-11/h2-8,15-16H,9-10H2,1H3. The van der Waals surface area contributed by atoms with Gasteiger partial charge in [0.15, 0.2) is 0 Å². The van der Waals surface area contributed by atoms with Crippen LogP contribution in [0.2, 0.25) is 0 Å². The molecule has 3 heteroatoms. The number of hydrogen-bond acceptors (Lipinski definition) is 3. The molecule has 3 nitrogen and oxygen atoms in total. The highest BCUT2D eigenvalue weighted by atomic mass is 16.5. The summed E-state index contributed by atoms with van der Waals surface area (Å²) < 4.78 is 5.85. The lowest BCUT2D eigenvalue weighted by Gasteiger charge is -2.11. The maximum Gasteiger partial charge on any atom is 0.0957 e. The second-order valence-electron chi connectivity index (χ2n) is 4.47. The van der Waals surface area contributed by atoms with E-state index >= 15 is 0 Å². The molecule has 0 fully saturated rings. The van der Waals surface area contributed by atoms with Gasteiger partial charge in [-0.15, -0.1) is 0 Å². The molecule has 1 aromatic heterocycles. The van der Waals surface area contributed by atoms with E-state index in [1.165, 1.54) is 22.3 Å². The molecule has 1 aromatic carbocycles. The van der Waals surface area contributed by atoms with Crippen LogP contribution in [0.1, 0.15) is 17.2 Å². The Kier molecular flexibility index (Phi) is 3.09. The van der Waals surface area contributed by atoms with Crippen LogP contribution in [0.25, 0.3) is 11.1 Å². The van der Waals surface area contributed by atoms with Crippen molar-refractivity contribution in [3.63, 3.8) is 0 Å². The summed E-state index contributed by atoms with van der Waals surface area (Å²) in [7, 11) is 1.95. The Bertz CT molecular complexity index is 539. The van der Waals surface area contributed by atoms with Gasteiger partial charge in [0.2, 0.25) is 0 Å². The second-order valence-corrected chi connectivity index (χ2v) is 4.47. The summed E-state index contributed by atoms with van der Waals surface area (Å²) in [4.78, 5) is 4.07. The molecule has 0 bridgehead atoms. The molecule has 1 aliphatic heterocycles. The van der Waals surface area contributed by atoms with Gasteiger partial charge in [-0.2, -0.15) is 0 Å². The van der Waals surface area contributed by atoms with E-state index in [9.17, 15) is 0 Å². The third-order valence-electron chi connectivity index (χ3n) is 3.37. The molecule has 0 amide bonds. The SMILES string of the molecule is CNCC1OCc2c(-c3ccncc3)cccc21. The Labute approximate surface area is 107 Å². The van der Waals surface area contributed by atoms with Gasteiger partial charge in [0.25, 0.3) is 0 Å². The van der Waals surface area contributed by atoms with Crippen molar-refractivity contribution in [1.29, 1.82) is 0 Å². The zero-order valence-electron chi connectivity index (χ0n) is 10.4. The van der Waals surface area contributed by atoms with Crippen molar-refractivity contribution >= 4 is 0 Å². The molecule has 1 atom stereocenters. The summed E-state index contributed by atoms with van der Waals surface area (Å²) in [6, 6.07) is 10.5. The zero-order valence-corrected chi connectivity index (χ0v) is 10.4. The number of nitrogens with zero attached hydrogens (tertiary/aromatic N) is 1. The summed E-state index contributed by atoms with van der Waals surface area (Å²) in [6.45, 7) is 1.55. The minimum atomic E-state index is 0.173. The molecule has 2 heterocycles. The molecule has 0 saturated heterocycles. The fourth-order valence-electron chi connectivity index (χ4n) is 2.50. The first-order valence-electron chi connectivity index (χ1n) is 6.18. The number of rotatable bonds is 3. The van der Waals surface area contributed by atoms with E-state index in [1.54, 1.807) is 0 Å². The molecule has 3 rings (SSSR count). The van der Waals surface area contributed by atoms with Gasteiger partial charge < -0.3 is 10.1 Å². The zero-order chi connectivity index (χ0) is 12.4. The Balaban J connectivity index is 2.04. The Morgan fingerprint density at radius 3 is 2.89 bits per heavy atom. The third kappa shape index (κ3) is 1.92. The summed E-state index contributed by atoms with van der Waals surface area (Å²) in [5.74, 6) is 0. The first kappa shape index (κ1) is 11.4. The average Bonchev–Trinajstić information content (AvgIpc) is 2.84. The lowest BCUT2D eigenvalue weighted by Crippen LogP contribution is -2.16. The number of ether oxygens (including phenoxy) is 1. The number of fused-ring (bicyclic) bond motifs is 1. The first-order valence-corrected chi connectivity index (χ1v) is 6.18. The van der Waals surface area contributed by atoms with Crippen LogP contribution in [-0.4, -0.2) is 18.6 Å². The van der Waals surface area contributed by atoms with Crippen LogP contribution >= 0.6 is 0 Å². The number of hydrogen-bond donors (Lipinski definition) is 1. The van der Waals surface area contributed by atoms with E-state index in [2.05, 4.69) is 28.5 Å². The van der Waals surface area contributed by atoms with Gasteiger partial charge in [0.05, 0.1) is 12.7 Å². The molecule has 0 aliphatic carbocycles. The summed E-state index contributed by atoms with van der Waals surface area (Å²) in [5.41, 5.74) is 5.08. The van der Waals surface area contributed by atoms with Crippen molar-refractivity contribution in [1.82, 2.24) is 10.3 Å². The van der Waals surface area contributed by atoms with Crippen LogP contribution in [0.4, 0.5) is 0 Å². The molecular formula is C15H16N2O. The van der Waals surface area contributed by atoms with Crippen LogP contribution in [0, 0.1) is 0 Å². The molecule has 0 radical (unpaired) electrons. The van der Waals surface area contributed by atoms with Gasteiger partial charge in [0, 0.05) is 18.9 Å². The first-order chi connectivity index (χ1) is 8.90. The maximum atomic E-state index is 5.85. The van der Waals surface area contributed by atoms with Crippen molar-refractivity contribution < 1.29 is 4.74 Å². The van der Waals surface area contributed by atoms with E-state index in [-0.39, 0.29) is 6.10 Å². The largest absolute Gasteiger partial charge is 0.367 e. The van der Waals surface area contributed by atoms with Gasteiger partial charge in [-0.25, -0.2) is 0 Å².